The average molecular weight is 278 g/mol. The van der Waals surface area contributed by atoms with Crippen molar-refractivity contribution in [1.82, 2.24) is 9.27 Å². The van der Waals surface area contributed by atoms with Crippen molar-refractivity contribution in [3.63, 3.8) is 0 Å². The molecule has 19 heavy (non-hydrogen) atoms. The SMILES string of the molecule is CCCCNC(=O)C(C)n1sc2ccccc2c1=O. The van der Waals surface area contributed by atoms with Crippen LogP contribution in [0.1, 0.15) is 32.7 Å². The van der Waals surface area contributed by atoms with E-state index in [2.05, 4.69) is 12.2 Å². The highest BCUT2D eigenvalue weighted by Gasteiger charge is 2.18. The zero-order valence-electron chi connectivity index (χ0n) is 11.2. The maximum atomic E-state index is 12.2. The highest BCUT2D eigenvalue weighted by atomic mass is 32.1. The lowest BCUT2D eigenvalue weighted by Crippen LogP contribution is -2.34. The number of hydrogen-bond donors (Lipinski definition) is 1. The van der Waals surface area contributed by atoms with Gasteiger partial charge in [-0.25, -0.2) is 0 Å². The Labute approximate surface area is 116 Å². The number of carbonyl (C=O) groups excluding carboxylic acids is 1. The first-order valence-electron chi connectivity index (χ1n) is 6.53. The molecule has 0 fully saturated rings. The minimum Gasteiger partial charge on any atom is -0.354 e. The predicted octanol–water partition coefficient (Wildman–Crippen LogP) is 2.54. The summed E-state index contributed by atoms with van der Waals surface area (Å²) in [5, 5.41) is 3.54. The van der Waals surface area contributed by atoms with E-state index < -0.39 is 6.04 Å². The second-order valence-electron chi connectivity index (χ2n) is 4.54. The van der Waals surface area contributed by atoms with Crippen molar-refractivity contribution in [3.05, 3.63) is 34.6 Å². The van der Waals surface area contributed by atoms with Crippen molar-refractivity contribution < 1.29 is 4.79 Å². The van der Waals surface area contributed by atoms with Crippen LogP contribution in [0.25, 0.3) is 10.1 Å². The second kappa shape index (κ2) is 6.02. The van der Waals surface area contributed by atoms with Gasteiger partial charge in [0.25, 0.3) is 5.56 Å². The number of rotatable bonds is 5. The van der Waals surface area contributed by atoms with E-state index in [0.717, 1.165) is 17.5 Å². The van der Waals surface area contributed by atoms with Crippen molar-refractivity contribution in [2.24, 2.45) is 0 Å². The van der Waals surface area contributed by atoms with Crippen LogP contribution >= 0.6 is 11.5 Å². The molecule has 5 heteroatoms. The third kappa shape index (κ3) is 2.87. The molecule has 0 saturated carbocycles. The summed E-state index contributed by atoms with van der Waals surface area (Å²) in [7, 11) is 0. The van der Waals surface area contributed by atoms with Crippen LogP contribution in [0, 0.1) is 0 Å². The fourth-order valence-electron chi connectivity index (χ4n) is 1.89. The molecule has 0 radical (unpaired) electrons. The Morgan fingerprint density at radius 1 is 1.42 bits per heavy atom. The third-order valence-electron chi connectivity index (χ3n) is 3.08. The topological polar surface area (TPSA) is 51.1 Å². The van der Waals surface area contributed by atoms with Gasteiger partial charge in [-0.05, 0) is 25.5 Å². The summed E-state index contributed by atoms with van der Waals surface area (Å²) in [4.78, 5) is 24.2. The number of amides is 1. The largest absolute Gasteiger partial charge is 0.354 e. The number of nitrogens with one attached hydrogen (secondary N) is 1. The molecule has 0 aliphatic rings. The molecular weight excluding hydrogens is 260 g/mol. The highest BCUT2D eigenvalue weighted by molar-refractivity contribution is 7.13. The van der Waals surface area contributed by atoms with Crippen LogP contribution in [0.3, 0.4) is 0 Å². The molecule has 0 aliphatic carbocycles. The zero-order chi connectivity index (χ0) is 13.8. The summed E-state index contributed by atoms with van der Waals surface area (Å²) >= 11 is 1.34. The van der Waals surface area contributed by atoms with Crippen LogP contribution in [0.2, 0.25) is 0 Å². The molecule has 1 unspecified atom stereocenters. The van der Waals surface area contributed by atoms with Crippen molar-refractivity contribution in [1.29, 1.82) is 0 Å². The molecular formula is C14H18N2O2S. The minimum absolute atomic E-state index is 0.0845. The number of nitrogens with zero attached hydrogens (tertiary/aromatic N) is 1. The Balaban J connectivity index is 2.21. The van der Waals surface area contributed by atoms with Gasteiger partial charge < -0.3 is 5.32 Å². The van der Waals surface area contributed by atoms with Crippen molar-refractivity contribution >= 4 is 27.5 Å². The summed E-state index contributed by atoms with van der Waals surface area (Å²) < 4.78 is 2.46. The summed E-state index contributed by atoms with van der Waals surface area (Å²) in [6.45, 7) is 4.50. The Hall–Kier alpha value is -1.62. The maximum absolute atomic E-state index is 12.2. The van der Waals surface area contributed by atoms with Crippen LogP contribution in [-0.4, -0.2) is 16.4 Å². The first-order valence-corrected chi connectivity index (χ1v) is 7.30. The Morgan fingerprint density at radius 2 is 2.16 bits per heavy atom. The van der Waals surface area contributed by atoms with Gasteiger partial charge in [0, 0.05) is 6.54 Å². The van der Waals surface area contributed by atoms with Gasteiger partial charge in [0.15, 0.2) is 0 Å². The van der Waals surface area contributed by atoms with Crippen molar-refractivity contribution in [2.75, 3.05) is 6.54 Å². The number of fused-ring (bicyclic) bond motifs is 1. The van der Waals surface area contributed by atoms with E-state index in [9.17, 15) is 9.59 Å². The summed E-state index contributed by atoms with van der Waals surface area (Å²) in [5.41, 5.74) is -0.0845. The van der Waals surface area contributed by atoms with Gasteiger partial charge in [-0.3, -0.25) is 13.5 Å². The van der Waals surface area contributed by atoms with E-state index in [1.807, 2.05) is 18.2 Å². The van der Waals surface area contributed by atoms with E-state index in [0.29, 0.717) is 11.9 Å². The number of aromatic nitrogens is 1. The Kier molecular flexibility index (Phi) is 4.37. The minimum atomic E-state index is -0.457. The molecule has 1 aromatic heterocycles. The molecule has 102 valence electrons. The third-order valence-corrected chi connectivity index (χ3v) is 4.31. The Morgan fingerprint density at radius 3 is 2.84 bits per heavy atom. The molecule has 2 aromatic rings. The van der Waals surface area contributed by atoms with E-state index in [4.69, 9.17) is 0 Å². The van der Waals surface area contributed by atoms with Crippen LogP contribution in [-0.2, 0) is 4.79 Å². The van der Waals surface area contributed by atoms with Crippen LogP contribution in [0.15, 0.2) is 29.1 Å². The molecule has 1 aromatic carbocycles. The first kappa shape index (κ1) is 13.8. The fourth-order valence-corrected chi connectivity index (χ4v) is 2.93. The monoisotopic (exact) mass is 278 g/mol. The lowest BCUT2D eigenvalue weighted by atomic mass is 10.2. The lowest BCUT2D eigenvalue weighted by molar-refractivity contribution is -0.123. The van der Waals surface area contributed by atoms with E-state index in [1.54, 1.807) is 16.9 Å². The number of unbranched alkanes of at least 4 members (excludes halogenated alkanes) is 1. The zero-order valence-corrected chi connectivity index (χ0v) is 12.0. The van der Waals surface area contributed by atoms with E-state index in [1.165, 1.54) is 11.5 Å². The molecule has 0 bridgehead atoms. The predicted molar refractivity (Wildman–Crippen MR) is 78.7 cm³/mol. The smallest absolute Gasteiger partial charge is 0.269 e. The summed E-state index contributed by atoms with van der Waals surface area (Å²) in [5.74, 6) is -0.0953. The van der Waals surface area contributed by atoms with Crippen LogP contribution < -0.4 is 10.9 Å². The van der Waals surface area contributed by atoms with Crippen molar-refractivity contribution in [2.45, 2.75) is 32.7 Å². The molecule has 1 atom stereocenters. The average Bonchev–Trinajstić information content (AvgIpc) is 2.76. The number of hydrogen-bond acceptors (Lipinski definition) is 3. The van der Waals surface area contributed by atoms with E-state index in [-0.39, 0.29) is 11.5 Å². The molecule has 0 spiro atoms. The second-order valence-corrected chi connectivity index (χ2v) is 5.55. The summed E-state index contributed by atoms with van der Waals surface area (Å²) in [6.07, 6.45) is 2.00. The molecule has 0 aliphatic heterocycles. The van der Waals surface area contributed by atoms with Crippen molar-refractivity contribution in [3.8, 4) is 0 Å². The van der Waals surface area contributed by atoms with Gasteiger partial charge in [0.2, 0.25) is 5.91 Å². The Bertz CT molecular complexity index is 630. The highest BCUT2D eigenvalue weighted by Crippen LogP contribution is 2.19. The van der Waals surface area contributed by atoms with Crippen LogP contribution in [0.4, 0.5) is 0 Å². The van der Waals surface area contributed by atoms with Crippen LogP contribution in [0.5, 0.6) is 0 Å². The molecule has 4 nitrogen and oxygen atoms in total. The van der Waals surface area contributed by atoms with Gasteiger partial charge in [-0.1, -0.05) is 37.0 Å². The quantitative estimate of drug-likeness (QED) is 0.854. The summed E-state index contributed by atoms with van der Waals surface area (Å²) in [6, 6.07) is 6.98. The molecule has 2 rings (SSSR count). The van der Waals surface area contributed by atoms with Gasteiger partial charge in [-0.2, -0.15) is 0 Å². The normalized spacial score (nSPS) is 12.5. The molecule has 1 amide bonds. The lowest BCUT2D eigenvalue weighted by Gasteiger charge is -2.11. The number of benzene rings is 1. The standard InChI is InChI=1S/C14H18N2O2S/c1-3-4-9-15-13(17)10(2)16-14(18)11-7-5-6-8-12(11)19-16/h5-8,10H,3-4,9H2,1-2H3,(H,15,17). The van der Waals surface area contributed by atoms with Gasteiger partial charge in [0.05, 0.1) is 10.1 Å². The van der Waals surface area contributed by atoms with Gasteiger partial charge in [0.1, 0.15) is 6.04 Å². The fraction of sp³-hybridized carbons (Fsp3) is 0.429. The molecule has 1 N–H and O–H groups in total. The number of carbonyl (C=O) groups is 1. The van der Waals surface area contributed by atoms with E-state index >= 15 is 0 Å². The first-order chi connectivity index (χ1) is 9.15. The van der Waals surface area contributed by atoms with Gasteiger partial charge >= 0.3 is 0 Å². The maximum Gasteiger partial charge on any atom is 0.269 e. The molecule has 0 saturated heterocycles. The molecule has 1 heterocycles. The van der Waals surface area contributed by atoms with Gasteiger partial charge in [-0.15, -0.1) is 0 Å².